The third-order valence-corrected chi connectivity index (χ3v) is 3.01. The van der Waals surface area contributed by atoms with Crippen LogP contribution in [0.1, 0.15) is 28.4 Å². The van der Waals surface area contributed by atoms with Crippen LogP contribution in [0.5, 0.6) is 5.75 Å². The third kappa shape index (κ3) is 3.60. The minimum absolute atomic E-state index is 0.164. The number of rotatable bonds is 4. The van der Waals surface area contributed by atoms with Gasteiger partial charge in [0.2, 0.25) is 0 Å². The number of carboxylic acid groups (broad SMARTS) is 1. The smallest absolute Gasteiger partial charge is 0.335 e. The van der Waals surface area contributed by atoms with E-state index in [-0.39, 0.29) is 11.3 Å². The molecule has 0 unspecified atom stereocenters. The summed E-state index contributed by atoms with van der Waals surface area (Å²) in [6.45, 7) is 3.66. The Morgan fingerprint density at radius 1 is 1.19 bits per heavy atom. The lowest BCUT2D eigenvalue weighted by molar-refractivity contribution is 0.0697. The molecule has 2 aromatic rings. The Hall–Kier alpha value is -2.82. The van der Waals surface area contributed by atoms with Crippen molar-refractivity contribution in [3.63, 3.8) is 0 Å². The molecule has 5 heteroatoms. The van der Waals surface area contributed by atoms with Crippen LogP contribution in [0.3, 0.4) is 0 Å². The number of hydrogen-bond acceptors (Lipinski definition) is 4. The predicted molar refractivity (Wildman–Crippen MR) is 82.1 cm³/mol. The maximum atomic E-state index is 10.9. The van der Waals surface area contributed by atoms with Crippen molar-refractivity contribution >= 4 is 17.4 Å². The van der Waals surface area contributed by atoms with Gasteiger partial charge in [-0.15, -0.1) is 0 Å². The van der Waals surface area contributed by atoms with Gasteiger partial charge < -0.3 is 10.2 Å². The number of aromatic hydroxyl groups is 1. The highest BCUT2D eigenvalue weighted by Gasteiger charge is 2.05. The number of nitrogens with one attached hydrogen (secondary N) is 1. The van der Waals surface area contributed by atoms with Gasteiger partial charge in [0.15, 0.2) is 0 Å². The fraction of sp³-hybridized carbons (Fsp3) is 0.125. The molecule has 0 atom stereocenters. The molecule has 21 heavy (non-hydrogen) atoms. The number of nitrogens with zero attached hydrogens (tertiary/aromatic N) is 1. The van der Waals surface area contributed by atoms with E-state index in [4.69, 9.17) is 5.11 Å². The Labute approximate surface area is 122 Å². The topological polar surface area (TPSA) is 81.9 Å². The molecule has 0 bridgehead atoms. The number of phenols is 1. The summed E-state index contributed by atoms with van der Waals surface area (Å²) < 4.78 is 0. The first kappa shape index (κ1) is 14.6. The van der Waals surface area contributed by atoms with E-state index in [0.717, 1.165) is 5.56 Å². The van der Waals surface area contributed by atoms with Crippen LogP contribution in [-0.2, 0) is 0 Å². The summed E-state index contributed by atoms with van der Waals surface area (Å²) in [6.07, 6.45) is 0. The van der Waals surface area contributed by atoms with Crippen LogP contribution in [0.15, 0.2) is 47.6 Å². The van der Waals surface area contributed by atoms with Crippen LogP contribution < -0.4 is 5.43 Å². The van der Waals surface area contributed by atoms with Crippen molar-refractivity contribution in [2.75, 3.05) is 5.43 Å². The Morgan fingerprint density at radius 3 is 2.62 bits per heavy atom. The molecular formula is C16H16N2O3. The zero-order valence-electron chi connectivity index (χ0n) is 11.8. The normalized spacial score (nSPS) is 11.2. The lowest BCUT2D eigenvalue weighted by atomic mass is 10.1. The van der Waals surface area contributed by atoms with Crippen molar-refractivity contribution < 1.29 is 15.0 Å². The highest BCUT2D eigenvalue weighted by atomic mass is 16.4. The molecule has 0 saturated carbocycles. The predicted octanol–water partition coefficient (Wildman–Crippen LogP) is 3.23. The summed E-state index contributed by atoms with van der Waals surface area (Å²) in [5, 5.41) is 23.0. The summed E-state index contributed by atoms with van der Waals surface area (Å²) in [4.78, 5) is 10.9. The Bertz CT molecular complexity index is 708. The first-order valence-electron chi connectivity index (χ1n) is 6.41. The van der Waals surface area contributed by atoms with E-state index in [2.05, 4.69) is 10.5 Å². The maximum Gasteiger partial charge on any atom is 0.335 e. The van der Waals surface area contributed by atoms with Gasteiger partial charge in [-0.25, -0.2) is 4.79 Å². The molecule has 0 aromatic heterocycles. The van der Waals surface area contributed by atoms with E-state index < -0.39 is 5.97 Å². The van der Waals surface area contributed by atoms with Crippen molar-refractivity contribution in [1.82, 2.24) is 0 Å². The standard InChI is InChI=1S/C16H16N2O3/c1-10-6-7-14(15(19)8-10)11(2)17-18-13-5-3-4-12(9-13)16(20)21/h3-9,18-19H,1-2H3,(H,20,21)/b17-11-. The molecule has 0 aliphatic carbocycles. The summed E-state index contributed by atoms with van der Waals surface area (Å²) in [5.74, 6) is -0.826. The van der Waals surface area contributed by atoms with Gasteiger partial charge in [0.1, 0.15) is 5.75 Å². The van der Waals surface area contributed by atoms with Crippen molar-refractivity contribution in [3.8, 4) is 5.75 Å². The largest absolute Gasteiger partial charge is 0.507 e. The summed E-state index contributed by atoms with van der Waals surface area (Å²) >= 11 is 0. The van der Waals surface area contributed by atoms with E-state index in [1.807, 2.05) is 13.0 Å². The fourth-order valence-electron chi connectivity index (χ4n) is 1.88. The van der Waals surface area contributed by atoms with Gasteiger partial charge in [-0.1, -0.05) is 12.1 Å². The fourth-order valence-corrected chi connectivity index (χ4v) is 1.88. The number of carbonyl (C=O) groups is 1. The summed E-state index contributed by atoms with van der Waals surface area (Å²) in [7, 11) is 0. The van der Waals surface area contributed by atoms with Crippen LogP contribution in [0.2, 0.25) is 0 Å². The number of anilines is 1. The van der Waals surface area contributed by atoms with Crippen LogP contribution >= 0.6 is 0 Å². The molecule has 0 radical (unpaired) electrons. The number of benzene rings is 2. The maximum absolute atomic E-state index is 10.9. The third-order valence-electron chi connectivity index (χ3n) is 3.01. The van der Waals surface area contributed by atoms with Crippen molar-refractivity contribution in [2.45, 2.75) is 13.8 Å². The van der Waals surface area contributed by atoms with Gasteiger partial charge in [0.25, 0.3) is 0 Å². The minimum Gasteiger partial charge on any atom is -0.507 e. The zero-order valence-corrected chi connectivity index (χ0v) is 11.8. The number of carboxylic acids is 1. The number of hydrogen-bond donors (Lipinski definition) is 3. The SMILES string of the molecule is C/C(=N/Nc1cccc(C(=O)O)c1)c1ccc(C)cc1O. The van der Waals surface area contributed by atoms with Gasteiger partial charge in [-0.2, -0.15) is 5.10 Å². The quantitative estimate of drug-likeness (QED) is 0.594. The van der Waals surface area contributed by atoms with E-state index in [0.29, 0.717) is 17.0 Å². The van der Waals surface area contributed by atoms with Gasteiger partial charge in [0.05, 0.1) is 17.0 Å². The zero-order chi connectivity index (χ0) is 15.4. The second-order valence-electron chi connectivity index (χ2n) is 4.72. The van der Waals surface area contributed by atoms with E-state index in [9.17, 15) is 9.90 Å². The van der Waals surface area contributed by atoms with Crippen molar-refractivity contribution in [3.05, 3.63) is 59.2 Å². The Balaban J connectivity index is 2.20. The number of hydrazone groups is 1. The summed E-state index contributed by atoms with van der Waals surface area (Å²) in [5.41, 5.74) is 5.75. The molecule has 0 aliphatic rings. The van der Waals surface area contributed by atoms with Crippen LogP contribution in [0.4, 0.5) is 5.69 Å². The first-order valence-corrected chi connectivity index (χ1v) is 6.41. The molecule has 108 valence electrons. The van der Waals surface area contributed by atoms with Crippen molar-refractivity contribution in [1.29, 1.82) is 0 Å². The molecule has 2 rings (SSSR count). The Morgan fingerprint density at radius 2 is 1.95 bits per heavy atom. The van der Waals surface area contributed by atoms with Gasteiger partial charge in [-0.05, 0) is 49.7 Å². The molecule has 0 saturated heterocycles. The average Bonchev–Trinajstić information content (AvgIpc) is 2.45. The van der Waals surface area contributed by atoms with Crippen molar-refractivity contribution in [2.24, 2.45) is 5.10 Å². The van der Waals surface area contributed by atoms with Crippen LogP contribution in [0, 0.1) is 6.92 Å². The number of phenolic OH excluding ortho intramolecular Hbond substituents is 1. The highest BCUT2D eigenvalue weighted by Crippen LogP contribution is 2.19. The second-order valence-corrected chi connectivity index (χ2v) is 4.72. The lowest BCUT2D eigenvalue weighted by Crippen LogP contribution is -2.02. The van der Waals surface area contributed by atoms with Gasteiger partial charge in [0, 0.05) is 5.56 Å². The lowest BCUT2D eigenvalue weighted by Gasteiger charge is -2.07. The van der Waals surface area contributed by atoms with E-state index in [1.165, 1.54) is 12.1 Å². The molecule has 0 fully saturated rings. The molecule has 0 spiro atoms. The summed E-state index contributed by atoms with van der Waals surface area (Å²) in [6, 6.07) is 11.7. The van der Waals surface area contributed by atoms with Gasteiger partial charge >= 0.3 is 5.97 Å². The highest BCUT2D eigenvalue weighted by molar-refractivity contribution is 6.01. The second kappa shape index (κ2) is 6.09. The molecule has 5 nitrogen and oxygen atoms in total. The molecule has 0 aliphatic heterocycles. The van der Waals surface area contributed by atoms with Crippen LogP contribution in [-0.4, -0.2) is 21.9 Å². The monoisotopic (exact) mass is 284 g/mol. The number of aromatic carboxylic acids is 1. The molecular weight excluding hydrogens is 268 g/mol. The molecule has 3 N–H and O–H groups in total. The Kier molecular flexibility index (Phi) is 4.23. The molecule has 2 aromatic carbocycles. The van der Waals surface area contributed by atoms with E-state index >= 15 is 0 Å². The average molecular weight is 284 g/mol. The van der Waals surface area contributed by atoms with Crippen LogP contribution in [0.25, 0.3) is 0 Å². The molecule has 0 amide bonds. The minimum atomic E-state index is -0.990. The molecule has 0 heterocycles. The number of aryl methyl sites for hydroxylation is 1. The van der Waals surface area contributed by atoms with E-state index in [1.54, 1.807) is 31.2 Å². The first-order chi connectivity index (χ1) is 9.97. The van der Waals surface area contributed by atoms with Gasteiger partial charge in [-0.3, -0.25) is 5.43 Å².